The number of carbonyl (C=O) groups is 1. The lowest BCUT2D eigenvalue weighted by molar-refractivity contribution is -0.132. The summed E-state index contributed by atoms with van der Waals surface area (Å²) in [5.41, 5.74) is 4.98. The van der Waals surface area contributed by atoms with Crippen LogP contribution >= 0.6 is 15.9 Å². The predicted octanol–water partition coefficient (Wildman–Crippen LogP) is 3.52. The van der Waals surface area contributed by atoms with Crippen LogP contribution in [0.15, 0.2) is 39.9 Å². The summed E-state index contributed by atoms with van der Waals surface area (Å²) >= 11 is 3.44. The molecular weight excluding hydrogens is 466 g/mol. The summed E-state index contributed by atoms with van der Waals surface area (Å²) in [6, 6.07) is 9.23. The van der Waals surface area contributed by atoms with Crippen LogP contribution in [-0.4, -0.2) is 53.1 Å². The summed E-state index contributed by atoms with van der Waals surface area (Å²) in [7, 11) is 5.13. The number of halogens is 1. The second-order valence-electron chi connectivity index (χ2n) is 6.81. The van der Waals surface area contributed by atoms with Crippen molar-refractivity contribution in [1.82, 2.24) is 5.43 Å². The van der Waals surface area contributed by atoms with Gasteiger partial charge in [0.05, 0.1) is 37.1 Å². The molecule has 0 spiro atoms. The Labute approximate surface area is 190 Å². The predicted molar refractivity (Wildman–Crippen MR) is 123 cm³/mol. The molecule has 0 fully saturated rings. The van der Waals surface area contributed by atoms with E-state index in [2.05, 4.69) is 31.4 Å². The molecule has 1 amide bonds. The lowest BCUT2D eigenvalue weighted by Gasteiger charge is -2.28. The molecule has 0 saturated heterocycles. The standard InChI is InChI=1S/C22H26BrN3O5/c1-5-30-20(15-6-7-17-18(12-15)31-9-8-26(17)2)22(27)25-24-13-14-10-16(23)21(29-4)19(11-14)28-3/h6-7,10-13,20H,5,8-9H2,1-4H3,(H,25,27). The van der Waals surface area contributed by atoms with Gasteiger partial charge in [0.1, 0.15) is 12.4 Å². The highest BCUT2D eigenvalue weighted by Crippen LogP contribution is 2.36. The van der Waals surface area contributed by atoms with Crippen molar-refractivity contribution in [2.24, 2.45) is 5.10 Å². The number of ether oxygens (including phenoxy) is 4. The Kier molecular flexibility index (Phi) is 7.75. The number of methoxy groups -OCH3 is 2. The highest BCUT2D eigenvalue weighted by atomic mass is 79.9. The summed E-state index contributed by atoms with van der Waals surface area (Å²) in [5.74, 6) is 1.50. The number of fused-ring (bicyclic) bond motifs is 1. The summed E-state index contributed by atoms with van der Waals surface area (Å²) < 4.78 is 22.8. The van der Waals surface area contributed by atoms with Gasteiger partial charge in [-0.15, -0.1) is 0 Å². The summed E-state index contributed by atoms with van der Waals surface area (Å²) in [5, 5.41) is 4.08. The molecule has 2 aromatic carbocycles. The van der Waals surface area contributed by atoms with E-state index in [0.29, 0.717) is 34.7 Å². The van der Waals surface area contributed by atoms with Crippen LogP contribution in [0.4, 0.5) is 5.69 Å². The Hall–Kier alpha value is -2.78. The number of benzene rings is 2. The molecule has 0 aliphatic carbocycles. The molecule has 1 N–H and O–H groups in total. The average molecular weight is 492 g/mol. The maximum Gasteiger partial charge on any atom is 0.273 e. The van der Waals surface area contributed by atoms with Crippen LogP contribution in [0.1, 0.15) is 24.2 Å². The third-order valence-corrected chi connectivity index (χ3v) is 5.39. The molecule has 0 aromatic heterocycles. The zero-order chi connectivity index (χ0) is 22.4. The first kappa shape index (κ1) is 22.9. The molecule has 1 atom stereocenters. The Bertz CT molecular complexity index is 966. The van der Waals surface area contributed by atoms with Crippen LogP contribution in [0, 0.1) is 0 Å². The lowest BCUT2D eigenvalue weighted by atomic mass is 10.1. The van der Waals surface area contributed by atoms with Gasteiger partial charge in [-0.3, -0.25) is 4.79 Å². The minimum atomic E-state index is -0.805. The molecule has 8 nitrogen and oxygen atoms in total. The van der Waals surface area contributed by atoms with Crippen LogP contribution in [0.25, 0.3) is 0 Å². The van der Waals surface area contributed by atoms with Crippen molar-refractivity contribution >= 4 is 33.7 Å². The molecule has 2 aromatic rings. The van der Waals surface area contributed by atoms with Crippen molar-refractivity contribution in [1.29, 1.82) is 0 Å². The zero-order valence-corrected chi connectivity index (χ0v) is 19.6. The van der Waals surface area contributed by atoms with Gasteiger partial charge in [-0.05, 0) is 58.2 Å². The number of likely N-dealkylation sites (N-methyl/N-ethyl adjacent to an activating group) is 1. The second kappa shape index (κ2) is 10.5. The molecule has 0 bridgehead atoms. The maximum absolute atomic E-state index is 12.8. The number of hydrogen-bond acceptors (Lipinski definition) is 7. The van der Waals surface area contributed by atoms with E-state index in [1.54, 1.807) is 20.3 Å². The van der Waals surface area contributed by atoms with Gasteiger partial charge in [0.25, 0.3) is 5.91 Å². The van der Waals surface area contributed by atoms with Crippen molar-refractivity contribution in [2.75, 3.05) is 45.9 Å². The molecule has 3 rings (SSSR count). The molecular formula is C22H26BrN3O5. The van der Waals surface area contributed by atoms with Crippen molar-refractivity contribution in [3.8, 4) is 17.2 Å². The number of amides is 1. The molecule has 0 saturated carbocycles. The van der Waals surface area contributed by atoms with E-state index in [9.17, 15) is 4.79 Å². The van der Waals surface area contributed by atoms with E-state index in [1.165, 1.54) is 6.21 Å². The van der Waals surface area contributed by atoms with Gasteiger partial charge < -0.3 is 23.8 Å². The number of hydrogen-bond donors (Lipinski definition) is 1. The van der Waals surface area contributed by atoms with Gasteiger partial charge in [0.2, 0.25) is 0 Å². The first-order valence-corrected chi connectivity index (χ1v) is 10.6. The average Bonchev–Trinajstić information content (AvgIpc) is 2.76. The van der Waals surface area contributed by atoms with E-state index in [0.717, 1.165) is 23.5 Å². The van der Waals surface area contributed by atoms with Crippen molar-refractivity contribution in [2.45, 2.75) is 13.0 Å². The second-order valence-corrected chi connectivity index (χ2v) is 7.66. The normalized spacial score (nSPS) is 14.0. The van der Waals surface area contributed by atoms with E-state index < -0.39 is 6.10 Å². The highest BCUT2D eigenvalue weighted by molar-refractivity contribution is 9.10. The Morgan fingerprint density at radius 3 is 2.84 bits per heavy atom. The van der Waals surface area contributed by atoms with Gasteiger partial charge in [-0.2, -0.15) is 5.10 Å². The summed E-state index contributed by atoms with van der Waals surface area (Å²) in [6.45, 7) is 3.64. The fourth-order valence-electron chi connectivity index (χ4n) is 3.27. The first-order chi connectivity index (χ1) is 15.0. The van der Waals surface area contributed by atoms with Gasteiger partial charge in [0.15, 0.2) is 17.6 Å². The van der Waals surface area contributed by atoms with Gasteiger partial charge in [-0.1, -0.05) is 6.07 Å². The lowest BCUT2D eigenvalue weighted by Crippen LogP contribution is -2.30. The monoisotopic (exact) mass is 491 g/mol. The minimum Gasteiger partial charge on any atom is -0.493 e. The molecule has 9 heteroatoms. The maximum atomic E-state index is 12.8. The van der Waals surface area contributed by atoms with E-state index in [4.69, 9.17) is 18.9 Å². The molecule has 1 heterocycles. The third kappa shape index (κ3) is 5.29. The van der Waals surface area contributed by atoms with E-state index >= 15 is 0 Å². The number of carbonyl (C=O) groups excluding carboxylic acids is 1. The van der Waals surface area contributed by atoms with Gasteiger partial charge in [-0.25, -0.2) is 5.43 Å². The quantitative estimate of drug-likeness (QED) is 0.449. The number of anilines is 1. The molecule has 166 valence electrons. The number of hydrazone groups is 1. The summed E-state index contributed by atoms with van der Waals surface area (Å²) in [6.07, 6.45) is 0.721. The highest BCUT2D eigenvalue weighted by Gasteiger charge is 2.24. The van der Waals surface area contributed by atoms with Crippen molar-refractivity contribution in [3.63, 3.8) is 0 Å². The topological polar surface area (TPSA) is 81.6 Å². The molecule has 0 radical (unpaired) electrons. The fraction of sp³-hybridized carbons (Fsp3) is 0.364. The fourth-order valence-corrected chi connectivity index (χ4v) is 3.89. The van der Waals surface area contributed by atoms with Crippen molar-refractivity contribution < 1.29 is 23.7 Å². The number of nitrogens with one attached hydrogen (secondary N) is 1. The minimum absolute atomic E-state index is 0.373. The van der Waals surface area contributed by atoms with Gasteiger partial charge >= 0.3 is 0 Å². The first-order valence-electron chi connectivity index (χ1n) is 9.82. The van der Waals surface area contributed by atoms with Crippen LogP contribution in [0.5, 0.6) is 17.2 Å². The number of nitrogens with zero attached hydrogens (tertiary/aromatic N) is 2. The molecule has 1 unspecified atom stereocenters. The molecule has 1 aliphatic heterocycles. The Morgan fingerprint density at radius 2 is 2.13 bits per heavy atom. The zero-order valence-electron chi connectivity index (χ0n) is 18.0. The number of rotatable bonds is 8. The largest absolute Gasteiger partial charge is 0.493 e. The van der Waals surface area contributed by atoms with E-state index in [-0.39, 0.29) is 5.91 Å². The van der Waals surface area contributed by atoms with Gasteiger partial charge in [0, 0.05) is 13.7 Å². The third-order valence-electron chi connectivity index (χ3n) is 4.80. The SMILES string of the molecule is CCOC(C(=O)NN=Cc1cc(Br)c(OC)c(OC)c1)c1ccc2c(c1)OCCN2C. The smallest absolute Gasteiger partial charge is 0.273 e. The van der Waals surface area contributed by atoms with E-state index in [1.807, 2.05) is 38.2 Å². The Balaban J connectivity index is 1.75. The molecule has 1 aliphatic rings. The van der Waals surface area contributed by atoms with Crippen LogP contribution in [0.2, 0.25) is 0 Å². The summed E-state index contributed by atoms with van der Waals surface area (Å²) in [4.78, 5) is 14.9. The Morgan fingerprint density at radius 1 is 1.32 bits per heavy atom. The van der Waals surface area contributed by atoms with Crippen LogP contribution in [-0.2, 0) is 9.53 Å². The van der Waals surface area contributed by atoms with Crippen LogP contribution < -0.4 is 24.5 Å². The molecule has 31 heavy (non-hydrogen) atoms. The van der Waals surface area contributed by atoms with Crippen LogP contribution in [0.3, 0.4) is 0 Å². The van der Waals surface area contributed by atoms with Crippen molar-refractivity contribution in [3.05, 3.63) is 45.9 Å².